The quantitative estimate of drug-likeness (QED) is 0.101. The Kier molecular flexibility index (Phi) is 9.88. The Labute approximate surface area is 403 Å². The summed E-state index contributed by atoms with van der Waals surface area (Å²) in [6.45, 7) is 0. The highest BCUT2D eigenvalue weighted by atomic mass is 28.3. The summed E-state index contributed by atoms with van der Waals surface area (Å²) in [5.74, 6) is 0. The van der Waals surface area contributed by atoms with Crippen molar-refractivity contribution in [1.82, 2.24) is 9.13 Å². The minimum absolute atomic E-state index is 1.14. The average Bonchev–Trinajstić information content (AvgIpc) is 3.95. The molecule has 3 heteroatoms. The number of nitrogens with zero attached hydrogens (tertiary/aromatic N) is 2. The Bertz CT molecular complexity index is 3830. The average molecular weight is 895 g/mol. The van der Waals surface area contributed by atoms with E-state index in [9.17, 15) is 0 Å². The van der Waals surface area contributed by atoms with Crippen LogP contribution in [0.1, 0.15) is 0 Å². The maximum atomic E-state index is 2.56. The molecule has 0 saturated carbocycles. The summed E-state index contributed by atoms with van der Waals surface area (Å²) in [4.78, 5) is 0. The molecule has 0 saturated heterocycles. The predicted molar refractivity (Wildman–Crippen MR) is 295 cm³/mol. The summed E-state index contributed by atoms with van der Waals surface area (Å²) in [6.07, 6.45) is 0. The lowest BCUT2D eigenvalue weighted by atomic mass is 9.95. The lowest BCUT2D eigenvalue weighted by Crippen LogP contribution is -2.74. The van der Waals surface area contributed by atoms with Crippen LogP contribution >= 0.6 is 0 Å². The molecule has 2 nitrogen and oxygen atoms in total. The summed E-state index contributed by atoms with van der Waals surface area (Å²) < 4.78 is 4.99. The van der Waals surface area contributed by atoms with E-state index in [1.165, 1.54) is 92.2 Å². The van der Waals surface area contributed by atoms with E-state index >= 15 is 0 Å². The second-order valence-corrected chi connectivity index (χ2v) is 21.8. The molecule has 0 atom stereocenters. The van der Waals surface area contributed by atoms with Gasteiger partial charge in [-0.3, -0.25) is 0 Å². The SMILES string of the molecule is c1ccc(-c2cccc([Si](c3ccccc3)(c3ccccc3)c3cc(-c4ccccc4)c(-n4c5ccccc5c5cc(-n6c7ccccc7c7ccccc76)ccc54)c(-c4ccccc4)c3)c2)cc1. The fourth-order valence-electron chi connectivity index (χ4n) is 11.2. The number of hydrogen-bond donors (Lipinski definition) is 0. The minimum atomic E-state index is -3.10. The number of rotatable bonds is 9. The van der Waals surface area contributed by atoms with Gasteiger partial charge in [-0.15, -0.1) is 0 Å². The maximum absolute atomic E-state index is 3.10. The Balaban J connectivity index is 1.16. The molecule has 0 spiro atoms. The van der Waals surface area contributed by atoms with E-state index in [1.807, 2.05) is 0 Å². The van der Waals surface area contributed by atoms with Crippen LogP contribution in [0.5, 0.6) is 0 Å². The summed E-state index contributed by atoms with van der Waals surface area (Å²) in [6, 6.07) is 104. The summed E-state index contributed by atoms with van der Waals surface area (Å²) in [5, 5.41) is 10.3. The van der Waals surface area contributed by atoms with E-state index in [1.54, 1.807) is 0 Å². The van der Waals surface area contributed by atoms with Gasteiger partial charge in [0.05, 0.1) is 27.8 Å². The highest BCUT2D eigenvalue weighted by Crippen LogP contribution is 2.43. The topological polar surface area (TPSA) is 9.86 Å². The number of fused-ring (bicyclic) bond motifs is 6. The van der Waals surface area contributed by atoms with E-state index in [0.717, 1.165) is 16.9 Å². The Morgan fingerprint density at radius 2 is 0.623 bits per heavy atom. The van der Waals surface area contributed by atoms with E-state index < -0.39 is 8.07 Å². The Morgan fingerprint density at radius 3 is 1.14 bits per heavy atom. The van der Waals surface area contributed by atoms with E-state index in [4.69, 9.17) is 0 Å². The molecule has 324 valence electrons. The van der Waals surface area contributed by atoms with Crippen molar-refractivity contribution in [3.05, 3.63) is 279 Å². The first kappa shape index (κ1) is 40.5. The lowest BCUT2D eigenvalue weighted by molar-refractivity contribution is 1.17. The second kappa shape index (κ2) is 16.8. The fraction of sp³-hybridized carbons (Fsp3) is 0. The molecular weight excluding hydrogens is 849 g/mol. The van der Waals surface area contributed by atoms with Crippen LogP contribution in [0.15, 0.2) is 279 Å². The van der Waals surface area contributed by atoms with Gasteiger partial charge in [0.2, 0.25) is 0 Å². The van der Waals surface area contributed by atoms with Gasteiger partial charge in [0.15, 0.2) is 8.07 Å². The Hall–Kier alpha value is -8.76. The van der Waals surface area contributed by atoms with Crippen molar-refractivity contribution in [2.45, 2.75) is 0 Å². The highest BCUT2D eigenvalue weighted by Gasteiger charge is 2.43. The van der Waals surface area contributed by atoms with Gasteiger partial charge in [-0.25, -0.2) is 0 Å². The third-order valence-corrected chi connectivity index (χ3v) is 19.0. The van der Waals surface area contributed by atoms with Crippen molar-refractivity contribution in [1.29, 1.82) is 0 Å². The molecule has 0 unspecified atom stereocenters. The molecule has 13 aromatic rings. The molecular formula is C66H46N2Si. The van der Waals surface area contributed by atoms with Gasteiger partial charge in [0, 0.05) is 38.4 Å². The number of hydrogen-bond acceptors (Lipinski definition) is 0. The lowest BCUT2D eigenvalue weighted by Gasteiger charge is -2.36. The molecule has 11 aromatic carbocycles. The van der Waals surface area contributed by atoms with Crippen LogP contribution in [0.3, 0.4) is 0 Å². The van der Waals surface area contributed by atoms with Crippen molar-refractivity contribution < 1.29 is 0 Å². The first-order valence-electron chi connectivity index (χ1n) is 23.8. The molecule has 0 aliphatic rings. The largest absolute Gasteiger partial charge is 0.309 e. The third kappa shape index (κ3) is 6.62. The first-order chi connectivity index (χ1) is 34.3. The third-order valence-electron chi connectivity index (χ3n) is 14.2. The van der Waals surface area contributed by atoms with Gasteiger partial charge in [-0.1, -0.05) is 243 Å². The maximum Gasteiger partial charge on any atom is 0.179 e. The summed E-state index contributed by atoms with van der Waals surface area (Å²) in [5.41, 5.74) is 14.2. The number of para-hydroxylation sites is 3. The van der Waals surface area contributed by atoms with Crippen LogP contribution in [-0.2, 0) is 0 Å². The van der Waals surface area contributed by atoms with Crippen LogP contribution in [0.2, 0.25) is 0 Å². The van der Waals surface area contributed by atoms with Gasteiger partial charge < -0.3 is 9.13 Å². The normalized spacial score (nSPS) is 11.8. The predicted octanol–water partition coefficient (Wildman–Crippen LogP) is 14.3. The van der Waals surface area contributed by atoms with Gasteiger partial charge in [0.25, 0.3) is 0 Å². The van der Waals surface area contributed by atoms with Gasteiger partial charge in [0.1, 0.15) is 0 Å². The van der Waals surface area contributed by atoms with Crippen molar-refractivity contribution in [3.8, 4) is 44.8 Å². The van der Waals surface area contributed by atoms with Crippen LogP contribution in [0.25, 0.3) is 88.4 Å². The molecule has 0 amide bonds. The van der Waals surface area contributed by atoms with Crippen LogP contribution in [0, 0.1) is 0 Å². The first-order valence-corrected chi connectivity index (χ1v) is 25.8. The van der Waals surface area contributed by atoms with Crippen molar-refractivity contribution >= 4 is 72.4 Å². The standard InChI is InChI=1S/C66H46N2Si/c1-6-23-47(24-7-1)50-29-22-34-54(43-50)69(52-30-12-4-13-31-52,53-32-14-5-15-33-53)55-45-59(48-25-8-2-9-26-48)66(60(46-55)49-27-10-3-11-28-49)68-64-40-21-18-37-58(64)61-44-51(41-42-65(61)68)67-62-38-19-16-35-56(62)57-36-17-20-39-63(57)67/h1-46H. The fourth-order valence-corrected chi connectivity index (χ4v) is 16.1. The summed E-state index contributed by atoms with van der Waals surface area (Å²) >= 11 is 0. The van der Waals surface area contributed by atoms with Gasteiger partial charge in [-0.05, 0) is 79.4 Å². The van der Waals surface area contributed by atoms with Crippen molar-refractivity contribution in [3.63, 3.8) is 0 Å². The molecule has 2 aromatic heterocycles. The van der Waals surface area contributed by atoms with Crippen molar-refractivity contribution in [2.24, 2.45) is 0 Å². The van der Waals surface area contributed by atoms with E-state index in [2.05, 4.69) is 288 Å². The van der Waals surface area contributed by atoms with Crippen LogP contribution < -0.4 is 20.7 Å². The smallest absolute Gasteiger partial charge is 0.179 e. The zero-order chi connectivity index (χ0) is 45.7. The molecule has 0 radical (unpaired) electrons. The number of aromatic nitrogens is 2. The van der Waals surface area contributed by atoms with Gasteiger partial charge in [-0.2, -0.15) is 0 Å². The van der Waals surface area contributed by atoms with Crippen LogP contribution in [0.4, 0.5) is 0 Å². The molecule has 13 rings (SSSR count). The highest BCUT2D eigenvalue weighted by molar-refractivity contribution is 7.20. The van der Waals surface area contributed by atoms with Crippen molar-refractivity contribution in [2.75, 3.05) is 0 Å². The van der Waals surface area contributed by atoms with E-state index in [0.29, 0.717) is 0 Å². The molecule has 0 aliphatic heterocycles. The molecule has 0 fully saturated rings. The summed E-state index contributed by atoms with van der Waals surface area (Å²) in [7, 11) is -3.10. The zero-order valence-corrected chi connectivity index (χ0v) is 39.0. The molecule has 0 N–H and O–H groups in total. The Morgan fingerprint density at radius 1 is 0.232 bits per heavy atom. The van der Waals surface area contributed by atoms with E-state index in [-0.39, 0.29) is 0 Å². The number of benzene rings is 11. The molecule has 69 heavy (non-hydrogen) atoms. The zero-order valence-electron chi connectivity index (χ0n) is 38.0. The van der Waals surface area contributed by atoms with Crippen LogP contribution in [-0.4, -0.2) is 17.2 Å². The molecule has 2 heterocycles. The minimum Gasteiger partial charge on any atom is -0.309 e. The second-order valence-electron chi connectivity index (χ2n) is 18.0. The molecule has 0 aliphatic carbocycles. The molecule has 0 bridgehead atoms. The monoisotopic (exact) mass is 894 g/mol. The van der Waals surface area contributed by atoms with Gasteiger partial charge >= 0.3 is 0 Å².